The van der Waals surface area contributed by atoms with Crippen LogP contribution < -0.4 is 4.74 Å². The van der Waals surface area contributed by atoms with Crippen LogP contribution in [0.2, 0.25) is 0 Å². The van der Waals surface area contributed by atoms with E-state index < -0.39 is 18.4 Å². The van der Waals surface area contributed by atoms with E-state index >= 15 is 4.39 Å². The third-order valence-electron chi connectivity index (χ3n) is 7.80. The number of alkyl halides is 2. The highest BCUT2D eigenvalue weighted by atomic mass is 19.3. The molecule has 2 aliphatic rings. The van der Waals surface area contributed by atoms with Crippen molar-refractivity contribution < 1.29 is 27.8 Å². The number of imidazole rings is 1. The summed E-state index contributed by atoms with van der Waals surface area (Å²) in [5.74, 6) is -0.559. The van der Waals surface area contributed by atoms with E-state index in [1.165, 1.54) is 12.1 Å². The summed E-state index contributed by atoms with van der Waals surface area (Å²) in [5, 5.41) is 9.24. The van der Waals surface area contributed by atoms with Crippen LogP contribution in [0, 0.1) is 30.5 Å². The zero-order valence-electron chi connectivity index (χ0n) is 19.9. The van der Waals surface area contributed by atoms with Crippen LogP contribution >= 0.6 is 0 Å². The SMILES string of the molecule is Cc1nc2cc(F)c(-c3ccc(C4C[C@@H]5[C@H](C4)[C@H]5C(=O)O)nc3)cn2c1Cc1ccccc1OC(F)F. The highest BCUT2D eigenvalue weighted by molar-refractivity contribution is 5.74. The van der Waals surface area contributed by atoms with Gasteiger partial charge in [0, 0.05) is 58.9 Å². The molecule has 3 aromatic heterocycles. The van der Waals surface area contributed by atoms with Gasteiger partial charge in [-0.1, -0.05) is 24.3 Å². The number of aryl methyl sites for hydroxylation is 1. The van der Waals surface area contributed by atoms with Crippen molar-refractivity contribution >= 4 is 11.6 Å². The van der Waals surface area contributed by atoms with Crippen LogP contribution in [0.5, 0.6) is 5.75 Å². The number of hydrogen-bond acceptors (Lipinski definition) is 4. The topological polar surface area (TPSA) is 76.7 Å². The summed E-state index contributed by atoms with van der Waals surface area (Å²) < 4.78 is 47.3. The van der Waals surface area contributed by atoms with E-state index in [4.69, 9.17) is 0 Å². The summed E-state index contributed by atoms with van der Waals surface area (Å²) in [6, 6.07) is 11.7. The maximum Gasteiger partial charge on any atom is 0.387 e. The van der Waals surface area contributed by atoms with Crippen molar-refractivity contribution in [3.05, 3.63) is 83.3 Å². The molecule has 0 bridgehead atoms. The number of ether oxygens (including phenoxy) is 1. The molecule has 3 heterocycles. The molecule has 190 valence electrons. The number of fused-ring (bicyclic) bond motifs is 2. The van der Waals surface area contributed by atoms with Gasteiger partial charge in [-0.05, 0) is 43.7 Å². The van der Waals surface area contributed by atoms with Gasteiger partial charge in [0.25, 0.3) is 0 Å². The summed E-state index contributed by atoms with van der Waals surface area (Å²) in [6.45, 7) is -1.14. The molecule has 1 aromatic carbocycles. The Morgan fingerprint density at radius 2 is 1.95 bits per heavy atom. The number of halogens is 3. The van der Waals surface area contributed by atoms with Crippen molar-refractivity contribution in [1.29, 1.82) is 0 Å². The minimum absolute atomic E-state index is 0.0909. The van der Waals surface area contributed by atoms with Gasteiger partial charge < -0.3 is 14.2 Å². The van der Waals surface area contributed by atoms with Gasteiger partial charge in [0.2, 0.25) is 0 Å². The van der Waals surface area contributed by atoms with Gasteiger partial charge in [0.15, 0.2) is 0 Å². The number of carboxylic acid groups (broad SMARTS) is 1. The molecule has 4 atom stereocenters. The van der Waals surface area contributed by atoms with Gasteiger partial charge in [0.1, 0.15) is 17.2 Å². The van der Waals surface area contributed by atoms with Crippen LogP contribution in [-0.2, 0) is 11.2 Å². The van der Waals surface area contributed by atoms with Gasteiger partial charge in [-0.3, -0.25) is 9.78 Å². The first-order valence-corrected chi connectivity index (χ1v) is 12.2. The highest BCUT2D eigenvalue weighted by Crippen LogP contribution is 2.61. The Hall–Kier alpha value is -3.88. The monoisotopic (exact) mass is 507 g/mol. The van der Waals surface area contributed by atoms with Crippen LogP contribution in [0.15, 0.2) is 54.9 Å². The molecule has 0 aliphatic heterocycles. The van der Waals surface area contributed by atoms with Crippen molar-refractivity contribution in [2.75, 3.05) is 0 Å². The van der Waals surface area contributed by atoms with Gasteiger partial charge >= 0.3 is 12.6 Å². The maximum absolute atomic E-state index is 15.1. The summed E-state index contributed by atoms with van der Waals surface area (Å²) >= 11 is 0. The number of benzene rings is 1. The quantitative estimate of drug-likeness (QED) is 0.339. The van der Waals surface area contributed by atoms with E-state index in [9.17, 15) is 18.7 Å². The normalized spacial score (nSPS) is 22.4. The van der Waals surface area contributed by atoms with Crippen molar-refractivity contribution in [1.82, 2.24) is 14.4 Å². The fourth-order valence-corrected chi connectivity index (χ4v) is 5.95. The molecule has 0 spiro atoms. The Kier molecular flexibility index (Phi) is 5.66. The van der Waals surface area contributed by atoms with Gasteiger partial charge in [0.05, 0.1) is 11.6 Å². The number of nitrogens with zero attached hydrogens (tertiary/aromatic N) is 3. The van der Waals surface area contributed by atoms with Gasteiger partial charge in [-0.15, -0.1) is 0 Å². The zero-order chi connectivity index (χ0) is 25.8. The first kappa shape index (κ1) is 23.5. The zero-order valence-corrected chi connectivity index (χ0v) is 19.9. The van der Waals surface area contributed by atoms with E-state index in [-0.39, 0.29) is 35.8 Å². The number of pyridine rings is 2. The number of carbonyl (C=O) groups is 1. The molecule has 2 saturated carbocycles. The third kappa shape index (κ3) is 4.22. The molecule has 2 fully saturated rings. The molecule has 1 unspecified atom stereocenters. The van der Waals surface area contributed by atoms with Crippen molar-refractivity contribution in [2.24, 2.45) is 17.8 Å². The Bertz CT molecular complexity index is 1490. The Morgan fingerprint density at radius 3 is 2.62 bits per heavy atom. The highest BCUT2D eigenvalue weighted by Gasteiger charge is 2.60. The lowest BCUT2D eigenvalue weighted by molar-refractivity contribution is -0.139. The first-order valence-electron chi connectivity index (χ1n) is 12.2. The molecule has 0 amide bonds. The fraction of sp³-hybridized carbons (Fsp3) is 0.321. The average Bonchev–Trinajstić information content (AvgIpc) is 3.22. The Balaban J connectivity index is 1.28. The molecule has 0 radical (unpaired) electrons. The molecule has 2 aliphatic carbocycles. The van der Waals surface area contributed by atoms with Crippen LogP contribution in [-0.4, -0.2) is 32.1 Å². The van der Waals surface area contributed by atoms with Crippen LogP contribution in [0.25, 0.3) is 16.8 Å². The first-order chi connectivity index (χ1) is 17.8. The van der Waals surface area contributed by atoms with Crippen molar-refractivity contribution in [3.63, 3.8) is 0 Å². The largest absolute Gasteiger partial charge is 0.481 e. The van der Waals surface area contributed by atoms with E-state index in [2.05, 4.69) is 14.7 Å². The van der Waals surface area contributed by atoms with Gasteiger partial charge in [-0.25, -0.2) is 9.37 Å². The molecule has 6 rings (SSSR count). The lowest BCUT2D eigenvalue weighted by Gasteiger charge is -2.14. The maximum atomic E-state index is 15.1. The van der Waals surface area contributed by atoms with Crippen LogP contribution in [0.1, 0.15) is 41.4 Å². The standard InChI is InChI=1S/C28H24F3N3O3/c1-14-23(10-15-4-2-3-5-24(15)37-28(30)31)34-13-20(21(29)11-25(34)33-14)16-6-7-22(32-12-16)17-8-18-19(9-17)26(18)27(35)36/h2-7,11-13,17-19,26,28H,8-10H2,1H3,(H,35,36)/t17?,18-,19+,26+. The third-order valence-corrected chi connectivity index (χ3v) is 7.80. The molecular weight excluding hydrogens is 483 g/mol. The van der Waals surface area contributed by atoms with E-state index in [1.54, 1.807) is 41.9 Å². The second-order valence-electron chi connectivity index (χ2n) is 9.90. The average molecular weight is 508 g/mol. The summed E-state index contributed by atoms with van der Waals surface area (Å²) in [7, 11) is 0. The molecule has 6 nitrogen and oxygen atoms in total. The minimum Gasteiger partial charge on any atom is -0.481 e. The number of aliphatic carboxylic acids is 1. The second-order valence-corrected chi connectivity index (χ2v) is 9.90. The minimum atomic E-state index is -2.94. The van der Waals surface area contributed by atoms with E-state index in [0.29, 0.717) is 28.0 Å². The molecule has 1 N–H and O–H groups in total. The number of para-hydroxylation sites is 1. The molecule has 0 saturated heterocycles. The summed E-state index contributed by atoms with van der Waals surface area (Å²) in [4.78, 5) is 20.3. The van der Waals surface area contributed by atoms with Crippen molar-refractivity contribution in [2.45, 2.75) is 38.7 Å². The number of rotatable bonds is 7. The lowest BCUT2D eigenvalue weighted by atomic mass is 9.95. The second kappa shape index (κ2) is 8.90. The number of hydrogen-bond donors (Lipinski definition) is 1. The smallest absolute Gasteiger partial charge is 0.387 e. The molecule has 4 aromatic rings. The predicted molar refractivity (Wildman–Crippen MR) is 129 cm³/mol. The van der Waals surface area contributed by atoms with E-state index in [0.717, 1.165) is 24.2 Å². The van der Waals surface area contributed by atoms with Crippen LogP contribution in [0.3, 0.4) is 0 Å². The van der Waals surface area contributed by atoms with Crippen LogP contribution in [0.4, 0.5) is 13.2 Å². The predicted octanol–water partition coefficient (Wildman–Crippen LogP) is 5.86. The van der Waals surface area contributed by atoms with Crippen molar-refractivity contribution in [3.8, 4) is 16.9 Å². The molecule has 9 heteroatoms. The summed E-state index contributed by atoms with van der Waals surface area (Å²) in [6.07, 6.45) is 5.23. The summed E-state index contributed by atoms with van der Waals surface area (Å²) in [5.41, 5.74) is 4.25. The number of aromatic nitrogens is 3. The fourth-order valence-electron chi connectivity index (χ4n) is 5.95. The van der Waals surface area contributed by atoms with E-state index in [1.807, 2.05) is 12.1 Å². The Morgan fingerprint density at radius 1 is 1.19 bits per heavy atom. The lowest BCUT2D eigenvalue weighted by Crippen LogP contribution is -2.08. The molecule has 37 heavy (non-hydrogen) atoms. The number of carboxylic acids is 1. The Labute approximate surface area is 210 Å². The molecular formula is C28H24F3N3O3. The van der Waals surface area contributed by atoms with Gasteiger partial charge in [-0.2, -0.15) is 8.78 Å².